The molecule has 0 bridgehead atoms. The highest BCUT2D eigenvalue weighted by atomic mass is 32.1. The number of benzene rings is 2. The number of thiophene rings is 1. The zero-order chi connectivity index (χ0) is 17.9. The quantitative estimate of drug-likeness (QED) is 0.689. The van der Waals surface area contributed by atoms with Gasteiger partial charge in [0.05, 0.1) is 6.04 Å². The fourth-order valence-corrected chi connectivity index (χ4v) is 4.69. The number of carboxylic acid groups (broad SMARTS) is 1. The van der Waals surface area contributed by atoms with E-state index in [0.717, 1.165) is 24.9 Å². The van der Waals surface area contributed by atoms with Crippen LogP contribution in [0.4, 0.5) is 0 Å². The van der Waals surface area contributed by atoms with Gasteiger partial charge in [-0.3, -0.25) is 9.69 Å². The molecule has 1 saturated heterocycles. The molecule has 3 nitrogen and oxygen atoms in total. The van der Waals surface area contributed by atoms with Gasteiger partial charge in [-0.2, -0.15) is 0 Å². The van der Waals surface area contributed by atoms with E-state index in [0.29, 0.717) is 0 Å². The van der Waals surface area contributed by atoms with Crippen LogP contribution in [-0.4, -0.2) is 28.6 Å². The first-order valence-electron chi connectivity index (χ1n) is 8.91. The van der Waals surface area contributed by atoms with Crippen molar-refractivity contribution in [1.82, 2.24) is 4.90 Å². The highest BCUT2D eigenvalue weighted by Crippen LogP contribution is 2.37. The number of hydrogen-bond acceptors (Lipinski definition) is 3. The molecule has 2 unspecified atom stereocenters. The number of carboxylic acids is 1. The Bertz CT molecular complexity index is 859. The van der Waals surface area contributed by atoms with E-state index < -0.39 is 12.0 Å². The molecular formula is C22H21NO2S. The summed E-state index contributed by atoms with van der Waals surface area (Å²) in [7, 11) is 0. The first-order chi connectivity index (χ1) is 12.7. The van der Waals surface area contributed by atoms with Crippen molar-refractivity contribution < 1.29 is 9.90 Å². The van der Waals surface area contributed by atoms with Crippen LogP contribution in [0.3, 0.4) is 0 Å². The summed E-state index contributed by atoms with van der Waals surface area (Å²) < 4.78 is 0. The summed E-state index contributed by atoms with van der Waals surface area (Å²) in [5.41, 5.74) is 3.52. The van der Waals surface area contributed by atoms with E-state index in [-0.39, 0.29) is 6.04 Å². The van der Waals surface area contributed by atoms with Gasteiger partial charge >= 0.3 is 5.97 Å². The lowest BCUT2D eigenvalue weighted by Gasteiger charge is -2.31. The number of nitrogens with zero attached hydrogens (tertiary/aromatic N) is 1. The minimum Gasteiger partial charge on any atom is -0.480 e. The highest BCUT2D eigenvalue weighted by molar-refractivity contribution is 7.10. The minimum absolute atomic E-state index is 0.00317. The van der Waals surface area contributed by atoms with Gasteiger partial charge in [-0.05, 0) is 41.0 Å². The van der Waals surface area contributed by atoms with Crippen molar-refractivity contribution in [3.05, 3.63) is 82.6 Å². The van der Waals surface area contributed by atoms with Crippen LogP contribution in [0.5, 0.6) is 0 Å². The Morgan fingerprint density at radius 1 is 1.00 bits per heavy atom. The molecule has 1 aromatic heterocycles. The van der Waals surface area contributed by atoms with E-state index in [9.17, 15) is 9.90 Å². The average Bonchev–Trinajstić information content (AvgIpc) is 3.36. The Balaban J connectivity index is 1.70. The summed E-state index contributed by atoms with van der Waals surface area (Å²) in [5, 5.41) is 11.7. The maximum absolute atomic E-state index is 11.7. The minimum atomic E-state index is -0.718. The fourth-order valence-electron chi connectivity index (χ4n) is 3.82. The van der Waals surface area contributed by atoms with Gasteiger partial charge in [0.15, 0.2) is 0 Å². The van der Waals surface area contributed by atoms with Crippen LogP contribution in [0.1, 0.15) is 29.3 Å². The molecule has 0 radical (unpaired) electrons. The summed E-state index contributed by atoms with van der Waals surface area (Å²) in [6, 6.07) is 22.6. The molecule has 2 aromatic carbocycles. The largest absolute Gasteiger partial charge is 0.480 e. The third-order valence-corrected chi connectivity index (χ3v) is 5.98. The van der Waals surface area contributed by atoms with Gasteiger partial charge in [0.2, 0.25) is 0 Å². The Kier molecular flexibility index (Phi) is 4.87. The number of rotatable bonds is 5. The van der Waals surface area contributed by atoms with Crippen LogP contribution in [0.2, 0.25) is 0 Å². The molecule has 4 rings (SSSR count). The summed E-state index contributed by atoms with van der Waals surface area (Å²) in [4.78, 5) is 15.1. The summed E-state index contributed by atoms with van der Waals surface area (Å²) in [6.07, 6.45) is 1.65. The van der Waals surface area contributed by atoms with Crippen molar-refractivity contribution in [2.75, 3.05) is 6.54 Å². The molecule has 1 fully saturated rings. The molecule has 1 aliphatic heterocycles. The van der Waals surface area contributed by atoms with E-state index >= 15 is 0 Å². The molecule has 0 aliphatic carbocycles. The lowest BCUT2D eigenvalue weighted by atomic mass is 9.98. The SMILES string of the molecule is O=C(O)C1CCCN1C(c1ccc(-c2ccccc2)cc1)c1cccs1. The summed E-state index contributed by atoms with van der Waals surface area (Å²) in [6.45, 7) is 0.819. The zero-order valence-corrected chi connectivity index (χ0v) is 15.2. The molecule has 2 atom stereocenters. The van der Waals surface area contributed by atoms with Crippen LogP contribution in [-0.2, 0) is 4.79 Å². The van der Waals surface area contributed by atoms with Gasteiger partial charge in [0.1, 0.15) is 6.04 Å². The number of likely N-dealkylation sites (tertiary alicyclic amines) is 1. The molecular weight excluding hydrogens is 342 g/mol. The molecule has 1 N–H and O–H groups in total. The second-order valence-electron chi connectivity index (χ2n) is 6.64. The maximum atomic E-state index is 11.7. The molecule has 1 aliphatic rings. The molecule has 3 aromatic rings. The van der Waals surface area contributed by atoms with Gasteiger partial charge in [0, 0.05) is 11.4 Å². The topological polar surface area (TPSA) is 40.5 Å². The van der Waals surface area contributed by atoms with Gasteiger partial charge < -0.3 is 5.11 Å². The predicted molar refractivity (Wildman–Crippen MR) is 105 cm³/mol. The van der Waals surface area contributed by atoms with Crippen molar-refractivity contribution in [2.24, 2.45) is 0 Å². The Morgan fingerprint density at radius 3 is 2.38 bits per heavy atom. The lowest BCUT2D eigenvalue weighted by Crippen LogP contribution is -2.38. The number of carbonyl (C=O) groups is 1. The molecule has 0 saturated carbocycles. The van der Waals surface area contributed by atoms with Crippen LogP contribution < -0.4 is 0 Å². The fraction of sp³-hybridized carbons (Fsp3) is 0.227. The Hall–Kier alpha value is -2.43. The van der Waals surface area contributed by atoms with Crippen LogP contribution in [0.25, 0.3) is 11.1 Å². The Labute approximate surface area is 157 Å². The monoisotopic (exact) mass is 363 g/mol. The van der Waals surface area contributed by atoms with Crippen LogP contribution >= 0.6 is 11.3 Å². The molecule has 0 spiro atoms. The van der Waals surface area contributed by atoms with E-state index in [2.05, 4.69) is 52.7 Å². The normalized spacial score (nSPS) is 18.7. The first kappa shape index (κ1) is 17.0. The number of hydrogen-bond donors (Lipinski definition) is 1. The smallest absolute Gasteiger partial charge is 0.320 e. The lowest BCUT2D eigenvalue weighted by molar-refractivity contribution is -0.142. The van der Waals surface area contributed by atoms with Crippen molar-refractivity contribution in [3.63, 3.8) is 0 Å². The second kappa shape index (κ2) is 7.44. The maximum Gasteiger partial charge on any atom is 0.320 e. The van der Waals surface area contributed by atoms with Crippen LogP contribution in [0, 0.1) is 0 Å². The van der Waals surface area contributed by atoms with Crippen molar-refractivity contribution in [2.45, 2.75) is 24.9 Å². The highest BCUT2D eigenvalue weighted by Gasteiger charge is 2.37. The van der Waals surface area contributed by atoms with E-state index in [1.165, 1.54) is 16.0 Å². The van der Waals surface area contributed by atoms with Gasteiger partial charge in [-0.1, -0.05) is 60.7 Å². The van der Waals surface area contributed by atoms with E-state index in [4.69, 9.17) is 0 Å². The molecule has 2 heterocycles. The van der Waals surface area contributed by atoms with Gasteiger partial charge in [-0.25, -0.2) is 0 Å². The predicted octanol–water partition coefficient (Wildman–Crippen LogP) is 5.05. The third-order valence-electron chi connectivity index (χ3n) is 5.06. The van der Waals surface area contributed by atoms with Gasteiger partial charge in [0.25, 0.3) is 0 Å². The second-order valence-corrected chi connectivity index (χ2v) is 7.62. The Morgan fingerprint density at radius 2 is 1.73 bits per heavy atom. The standard InChI is InChI=1S/C22H21NO2S/c24-22(25)19-8-4-14-23(19)21(20-9-5-15-26-20)18-12-10-17(11-13-18)16-6-2-1-3-7-16/h1-3,5-7,9-13,15,19,21H,4,8,14H2,(H,24,25). The molecule has 0 amide bonds. The first-order valence-corrected chi connectivity index (χ1v) is 9.79. The van der Waals surface area contributed by atoms with E-state index in [1.807, 2.05) is 24.3 Å². The van der Waals surface area contributed by atoms with Crippen LogP contribution in [0.15, 0.2) is 72.1 Å². The summed E-state index contributed by atoms with van der Waals surface area (Å²) >= 11 is 1.69. The molecule has 132 valence electrons. The van der Waals surface area contributed by atoms with Crippen molar-refractivity contribution in [1.29, 1.82) is 0 Å². The van der Waals surface area contributed by atoms with Gasteiger partial charge in [-0.15, -0.1) is 11.3 Å². The summed E-state index contributed by atoms with van der Waals surface area (Å²) in [5.74, 6) is -0.718. The zero-order valence-electron chi connectivity index (χ0n) is 14.4. The molecule has 26 heavy (non-hydrogen) atoms. The van der Waals surface area contributed by atoms with E-state index in [1.54, 1.807) is 11.3 Å². The number of aliphatic carboxylic acids is 1. The average molecular weight is 363 g/mol. The molecule has 4 heteroatoms. The third kappa shape index (κ3) is 3.30. The van der Waals surface area contributed by atoms with Crippen molar-refractivity contribution in [3.8, 4) is 11.1 Å². The van der Waals surface area contributed by atoms with Crippen molar-refractivity contribution >= 4 is 17.3 Å².